The van der Waals surface area contributed by atoms with E-state index in [1.807, 2.05) is 0 Å². The van der Waals surface area contributed by atoms with Crippen LogP contribution in [0.1, 0.15) is 27.2 Å². The van der Waals surface area contributed by atoms with Crippen molar-refractivity contribution in [3.63, 3.8) is 0 Å². The highest BCUT2D eigenvalue weighted by Gasteiger charge is 2.13. The van der Waals surface area contributed by atoms with Crippen molar-refractivity contribution in [1.82, 2.24) is 4.90 Å². The smallest absolute Gasteiger partial charge is 0.307 e. The van der Waals surface area contributed by atoms with Gasteiger partial charge in [0, 0.05) is 6.54 Å². The highest BCUT2D eigenvalue weighted by molar-refractivity contribution is 5.69. The van der Waals surface area contributed by atoms with Crippen LogP contribution < -0.4 is 0 Å². The number of nitrogens with zero attached hydrogens (tertiary/aromatic N) is 1. The Bertz CT molecular complexity index is 136. The van der Waals surface area contributed by atoms with Crippen molar-refractivity contribution < 1.29 is 9.90 Å². The molecule has 0 saturated heterocycles. The Kier molecular flexibility index (Phi) is 5.72. The van der Waals surface area contributed by atoms with Crippen LogP contribution in [-0.4, -0.2) is 35.6 Å². The molecule has 12 heavy (non-hydrogen) atoms. The molecule has 1 unspecified atom stereocenters. The van der Waals surface area contributed by atoms with E-state index in [0.29, 0.717) is 6.54 Å². The molecule has 1 N–H and O–H groups in total. The van der Waals surface area contributed by atoms with E-state index in [1.165, 1.54) is 0 Å². The second kappa shape index (κ2) is 6.00. The van der Waals surface area contributed by atoms with Crippen molar-refractivity contribution in [1.29, 1.82) is 0 Å². The maximum absolute atomic E-state index is 10.5. The Balaban J connectivity index is 3.76. The molecule has 0 spiro atoms. The van der Waals surface area contributed by atoms with Crippen molar-refractivity contribution >= 4 is 5.97 Å². The largest absolute Gasteiger partial charge is 0.481 e. The fourth-order valence-electron chi connectivity index (χ4n) is 1.16. The number of carboxylic acids is 1. The van der Waals surface area contributed by atoms with Crippen molar-refractivity contribution in [3.05, 3.63) is 0 Å². The third-order valence-electron chi connectivity index (χ3n) is 1.94. The van der Waals surface area contributed by atoms with Gasteiger partial charge in [0.2, 0.25) is 0 Å². The Labute approximate surface area is 74.4 Å². The van der Waals surface area contributed by atoms with Gasteiger partial charge >= 0.3 is 5.97 Å². The van der Waals surface area contributed by atoms with Crippen molar-refractivity contribution in [2.45, 2.75) is 27.2 Å². The van der Waals surface area contributed by atoms with E-state index in [4.69, 9.17) is 5.11 Å². The number of hydrogen-bond donors (Lipinski definition) is 1. The maximum atomic E-state index is 10.5. The molecule has 0 aromatic carbocycles. The molecule has 0 fully saturated rings. The third kappa shape index (κ3) is 4.34. The Morgan fingerprint density at radius 1 is 1.50 bits per heavy atom. The average molecular weight is 173 g/mol. The van der Waals surface area contributed by atoms with Gasteiger partial charge in [-0.1, -0.05) is 20.8 Å². The molecule has 0 heterocycles. The predicted octanol–water partition coefficient (Wildman–Crippen LogP) is 1.44. The standard InChI is InChI=1S/C9H19NO2/c1-4-6-10(5-2)7-8(3)9(11)12/h8H,4-7H2,1-3H3,(H,11,12). The van der Waals surface area contributed by atoms with Crippen molar-refractivity contribution in [3.8, 4) is 0 Å². The Hall–Kier alpha value is -0.570. The topological polar surface area (TPSA) is 40.5 Å². The van der Waals surface area contributed by atoms with Gasteiger partial charge in [-0.25, -0.2) is 0 Å². The Morgan fingerprint density at radius 3 is 2.42 bits per heavy atom. The summed E-state index contributed by atoms with van der Waals surface area (Å²) >= 11 is 0. The number of rotatable bonds is 6. The molecule has 0 rings (SSSR count). The highest BCUT2D eigenvalue weighted by atomic mass is 16.4. The lowest BCUT2D eigenvalue weighted by Crippen LogP contribution is -2.32. The van der Waals surface area contributed by atoms with Gasteiger partial charge in [-0.3, -0.25) is 4.79 Å². The molecule has 0 aliphatic carbocycles. The predicted molar refractivity (Wildman–Crippen MR) is 49.2 cm³/mol. The zero-order chi connectivity index (χ0) is 9.56. The van der Waals surface area contributed by atoms with E-state index in [-0.39, 0.29) is 5.92 Å². The number of carboxylic acid groups (broad SMARTS) is 1. The number of carbonyl (C=O) groups is 1. The molecule has 0 aromatic rings. The van der Waals surface area contributed by atoms with Gasteiger partial charge in [0.05, 0.1) is 5.92 Å². The molecule has 0 saturated carbocycles. The maximum Gasteiger partial charge on any atom is 0.307 e. The molecule has 0 bridgehead atoms. The highest BCUT2D eigenvalue weighted by Crippen LogP contribution is 2.00. The van der Waals surface area contributed by atoms with Crippen LogP contribution in [0.25, 0.3) is 0 Å². The fourth-order valence-corrected chi connectivity index (χ4v) is 1.16. The second-order valence-corrected chi connectivity index (χ2v) is 3.13. The molecule has 1 atom stereocenters. The molecule has 0 aromatic heterocycles. The van der Waals surface area contributed by atoms with Crippen LogP contribution in [0.5, 0.6) is 0 Å². The average Bonchev–Trinajstić information content (AvgIpc) is 2.03. The number of hydrogen-bond acceptors (Lipinski definition) is 2. The first-order valence-corrected chi connectivity index (χ1v) is 4.56. The Morgan fingerprint density at radius 2 is 2.08 bits per heavy atom. The summed E-state index contributed by atoms with van der Waals surface area (Å²) in [6, 6.07) is 0. The van der Waals surface area contributed by atoms with Crippen LogP contribution in [0.3, 0.4) is 0 Å². The van der Waals surface area contributed by atoms with Crippen LogP contribution in [-0.2, 0) is 4.79 Å². The third-order valence-corrected chi connectivity index (χ3v) is 1.94. The van der Waals surface area contributed by atoms with Gasteiger partial charge in [0.1, 0.15) is 0 Å². The first-order chi connectivity index (χ1) is 5.61. The van der Waals surface area contributed by atoms with E-state index >= 15 is 0 Å². The van der Waals surface area contributed by atoms with Gasteiger partial charge < -0.3 is 10.0 Å². The SMILES string of the molecule is CCCN(CC)CC(C)C(=O)O. The summed E-state index contributed by atoms with van der Waals surface area (Å²) in [6.45, 7) is 8.51. The van der Waals surface area contributed by atoms with Crippen LogP contribution in [0.2, 0.25) is 0 Å². The van der Waals surface area contributed by atoms with Crippen LogP contribution in [0.4, 0.5) is 0 Å². The normalized spacial score (nSPS) is 13.3. The minimum absolute atomic E-state index is 0.253. The van der Waals surface area contributed by atoms with Crippen LogP contribution in [0.15, 0.2) is 0 Å². The number of aliphatic carboxylic acids is 1. The van der Waals surface area contributed by atoms with Crippen LogP contribution >= 0.6 is 0 Å². The van der Waals surface area contributed by atoms with Gasteiger partial charge in [-0.15, -0.1) is 0 Å². The lowest BCUT2D eigenvalue weighted by Gasteiger charge is -2.21. The van der Waals surface area contributed by atoms with Crippen molar-refractivity contribution in [2.24, 2.45) is 5.92 Å². The van der Waals surface area contributed by atoms with Gasteiger partial charge in [-0.05, 0) is 19.5 Å². The lowest BCUT2D eigenvalue weighted by molar-refractivity contribution is -0.141. The second-order valence-electron chi connectivity index (χ2n) is 3.13. The minimum Gasteiger partial charge on any atom is -0.481 e. The van der Waals surface area contributed by atoms with Gasteiger partial charge in [0.15, 0.2) is 0 Å². The van der Waals surface area contributed by atoms with E-state index < -0.39 is 5.97 Å². The summed E-state index contributed by atoms with van der Waals surface area (Å²) in [7, 11) is 0. The first kappa shape index (κ1) is 11.4. The van der Waals surface area contributed by atoms with E-state index in [2.05, 4.69) is 18.7 Å². The quantitative estimate of drug-likeness (QED) is 0.660. The summed E-state index contributed by atoms with van der Waals surface area (Å²) in [5.41, 5.74) is 0. The summed E-state index contributed by atoms with van der Waals surface area (Å²) < 4.78 is 0. The summed E-state index contributed by atoms with van der Waals surface area (Å²) in [5.74, 6) is -0.957. The monoisotopic (exact) mass is 173 g/mol. The lowest BCUT2D eigenvalue weighted by atomic mass is 10.1. The summed E-state index contributed by atoms with van der Waals surface area (Å²) in [4.78, 5) is 12.7. The fraction of sp³-hybridized carbons (Fsp3) is 0.889. The van der Waals surface area contributed by atoms with E-state index in [0.717, 1.165) is 19.5 Å². The first-order valence-electron chi connectivity index (χ1n) is 4.56. The molecular formula is C9H19NO2. The van der Waals surface area contributed by atoms with Crippen molar-refractivity contribution in [2.75, 3.05) is 19.6 Å². The molecule has 0 aliphatic heterocycles. The molecule has 0 aliphatic rings. The molecule has 3 heteroatoms. The van der Waals surface area contributed by atoms with E-state index in [1.54, 1.807) is 6.92 Å². The van der Waals surface area contributed by atoms with Gasteiger partial charge in [-0.2, -0.15) is 0 Å². The molecule has 72 valence electrons. The van der Waals surface area contributed by atoms with Gasteiger partial charge in [0.25, 0.3) is 0 Å². The molecule has 3 nitrogen and oxygen atoms in total. The molecule has 0 amide bonds. The zero-order valence-corrected chi connectivity index (χ0v) is 8.21. The molecule has 0 radical (unpaired) electrons. The zero-order valence-electron chi connectivity index (χ0n) is 8.21. The van der Waals surface area contributed by atoms with E-state index in [9.17, 15) is 4.79 Å². The summed E-state index contributed by atoms with van der Waals surface area (Å²) in [6.07, 6.45) is 1.08. The minimum atomic E-state index is -0.704. The molecular weight excluding hydrogens is 154 g/mol. The summed E-state index contributed by atoms with van der Waals surface area (Å²) in [5, 5.41) is 8.67. The van der Waals surface area contributed by atoms with Crippen LogP contribution in [0, 0.1) is 5.92 Å².